The van der Waals surface area contributed by atoms with Crippen LogP contribution in [0.1, 0.15) is 25.0 Å². The van der Waals surface area contributed by atoms with Gasteiger partial charge in [-0.3, -0.25) is 0 Å². The predicted octanol–water partition coefficient (Wildman–Crippen LogP) is 9.13. The fraction of sp³-hybridized carbons (Fsp3) is 0.0909. The second kappa shape index (κ2) is 8.39. The van der Waals surface area contributed by atoms with Crippen molar-refractivity contribution < 1.29 is 0 Å². The number of hydrogen-bond donors (Lipinski definition) is 0. The second-order valence-corrected chi connectivity index (χ2v) is 10.7. The minimum Gasteiger partial charge on any atom is -0.310 e. The SMILES string of the molecule is CC1(C)c2ccccc2N(c2ccc(-c3nc(-c4cccc5ccccc45)ns3)cc2)c2ccccc21. The highest BCUT2D eigenvalue weighted by Gasteiger charge is 2.36. The lowest BCUT2D eigenvalue weighted by molar-refractivity contribution is 0.632. The van der Waals surface area contributed by atoms with Crippen LogP contribution in [-0.2, 0) is 5.41 Å². The van der Waals surface area contributed by atoms with Crippen molar-refractivity contribution in [3.05, 3.63) is 126 Å². The number of rotatable bonds is 3. The molecule has 0 amide bonds. The molecule has 0 aliphatic carbocycles. The van der Waals surface area contributed by atoms with E-state index in [0.717, 1.165) is 27.6 Å². The van der Waals surface area contributed by atoms with E-state index in [1.165, 1.54) is 44.8 Å². The zero-order chi connectivity index (χ0) is 25.0. The maximum absolute atomic E-state index is 4.93. The van der Waals surface area contributed by atoms with Gasteiger partial charge in [0, 0.05) is 22.2 Å². The summed E-state index contributed by atoms with van der Waals surface area (Å²) < 4.78 is 4.72. The van der Waals surface area contributed by atoms with Crippen molar-refractivity contribution in [3.8, 4) is 22.0 Å². The molecule has 37 heavy (non-hydrogen) atoms. The van der Waals surface area contributed by atoms with Gasteiger partial charge in [-0.2, -0.15) is 4.37 Å². The van der Waals surface area contributed by atoms with E-state index in [0.29, 0.717) is 0 Å². The fourth-order valence-corrected chi connectivity index (χ4v) is 6.25. The minimum absolute atomic E-state index is 0.0613. The van der Waals surface area contributed by atoms with E-state index in [4.69, 9.17) is 9.36 Å². The van der Waals surface area contributed by atoms with Crippen LogP contribution in [0.2, 0.25) is 0 Å². The first-order chi connectivity index (χ1) is 18.1. The third-order valence-corrected chi connectivity index (χ3v) is 8.23. The summed E-state index contributed by atoms with van der Waals surface area (Å²) in [4.78, 5) is 7.30. The average Bonchev–Trinajstić information content (AvgIpc) is 3.44. The van der Waals surface area contributed by atoms with Gasteiger partial charge >= 0.3 is 0 Å². The number of benzene rings is 5. The third kappa shape index (κ3) is 3.48. The van der Waals surface area contributed by atoms with Gasteiger partial charge in [-0.05, 0) is 69.8 Å². The smallest absolute Gasteiger partial charge is 0.174 e. The number of hydrogen-bond acceptors (Lipinski definition) is 4. The second-order valence-electron chi connectivity index (χ2n) is 9.99. The summed E-state index contributed by atoms with van der Waals surface area (Å²) in [7, 11) is 0. The lowest BCUT2D eigenvalue weighted by Crippen LogP contribution is -2.30. The van der Waals surface area contributed by atoms with Gasteiger partial charge in [0.1, 0.15) is 5.01 Å². The molecule has 0 unspecified atom stereocenters. The number of para-hydroxylation sites is 2. The molecule has 0 spiro atoms. The van der Waals surface area contributed by atoms with E-state index in [9.17, 15) is 0 Å². The van der Waals surface area contributed by atoms with E-state index in [-0.39, 0.29) is 5.41 Å². The molecule has 7 rings (SSSR count). The first kappa shape index (κ1) is 22.0. The van der Waals surface area contributed by atoms with Crippen LogP contribution in [0.5, 0.6) is 0 Å². The first-order valence-electron chi connectivity index (χ1n) is 12.5. The summed E-state index contributed by atoms with van der Waals surface area (Å²) in [5.74, 6) is 0.780. The van der Waals surface area contributed by atoms with Gasteiger partial charge in [-0.25, -0.2) is 4.98 Å². The summed E-state index contributed by atoms with van der Waals surface area (Å²) >= 11 is 1.45. The van der Waals surface area contributed by atoms with E-state index in [1.54, 1.807) is 0 Å². The van der Waals surface area contributed by atoms with Crippen molar-refractivity contribution in [1.29, 1.82) is 0 Å². The molecule has 6 aromatic rings. The quantitative estimate of drug-likeness (QED) is 0.245. The summed E-state index contributed by atoms with van der Waals surface area (Å²) in [6.07, 6.45) is 0. The Labute approximate surface area is 220 Å². The Bertz CT molecular complexity index is 1710. The largest absolute Gasteiger partial charge is 0.310 e. The van der Waals surface area contributed by atoms with Crippen LogP contribution in [0, 0.1) is 0 Å². The van der Waals surface area contributed by atoms with Crippen LogP contribution in [0.15, 0.2) is 115 Å². The van der Waals surface area contributed by atoms with Gasteiger partial charge in [0.2, 0.25) is 0 Å². The summed E-state index contributed by atoms with van der Waals surface area (Å²) in [5.41, 5.74) is 8.35. The number of nitrogens with zero attached hydrogens (tertiary/aromatic N) is 3. The maximum Gasteiger partial charge on any atom is 0.174 e. The number of anilines is 3. The van der Waals surface area contributed by atoms with Crippen LogP contribution in [-0.4, -0.2) is 9.36 Å². The summed E-state index contributed by atoms with van der Waals surface area (Å²) in [5, 5.41) is 3.30. The maximum atomic E-state index is 4.93. The molecule has 1 aromatic heterocycles. The Morgan fingerprint density at radius 3 is 2.00 bits per heavy atom. The van der Waals surface area contributed by atoms with Crippen LogP contribution >= 0.6 is 11.5 Å². The van der Waals surface area contributed by atoms with Crippen LogP contribution < -0.4 is 4.90 Å². The molecule has 0 saturated carbocycles. The van der Waals surface area contributed by atoms with Crippen LogP contribution in [0.3, 0.4) is 0 Å². The van der Waals surface area contributed by atoms with Crippen molar-refractivity contribution in [2.24, 2.45) is 0 Å². The Hall–Kier alpha value is -4.28. The van der Waals surface area contributed by atoms with Gasteiger partial charge in [-0.15, -0.1) is 0 Å². The monoisotopic (exact) mass is 495 g/mol. The number of fused-ring (bicyclic) bond motifs is 3. The lowest BCUT2D eigenvalue weighted by Gasteiger charge is -2.42. The molecule has 1 aliphatic heterocycles. The van der Waals surface area contributed by atoms with Crippen molar-refractivity contribution in [1.82, 2.24) is 9.36 Å². The third-order valence-electron chi connectivity index (χ3n) is 7.47. The van der Waals surface area contributed by atoms with Crippen molar-refractivity contribution in [2.75, 3.05) is 4.90 Å². The van der Waals surface area contributed by atoms with E-state index < -0.39 is 0 Å². The standard InChI is InChI=1S/C33H25N3S/c1-33(2)27-14-5-7-16-29(27)36(30-17-8-6-15-28(30)33)24-20-18-23(19-21-24)32-34-31(35-37-32)26-13-9-11-22-10-3-4-12-25(22)26/h3-21H,1-2H3. The zero-order valence-electron chi connectivity index (χ0n) is 20.7. The highest BCUT2D eigenvalue weighted by molar-refractivity contribution is 7.09. The van der Waals surface area contributed by atoms with Gasteiger partial charge in [-0.1, -0.05) is 92.7 Å². The highest BCUT2D eigenvalue weighted by Crippen LogP contribution is 2.51. The topological polar surface area (TPSA) is 29.0 Å². The molecule has 2 heterocycles. The molecule has 4 heteroatoms. The molecule has 0 saturated heterocycles. The molecule has 0 radical (unpaired) electrons. The van der Waals surface area contributed by atoms with Gasteiger partial charge in [0.25, 0.3) is 0 Å². The van der Waals surface area contributed by atoms with Gasteiger partial charge < -0.3 is 4.90 Å². The summed E-state index contributed by atoms with van der Waals surface area (Å²) in [6, 6.07) is 40.9. The molecule has 1 aliphatic rings. The first-order valence-corrected chi connectivity index (χ1v) is 13.3. The molecule has 0 atom stereocenters. The molecule has 5 aromatic carbocycles. The molecular formula is C33H25N3S. The van der Waals surface area contributed by atoms with Crippen molar-refractivity contribution in [3.63, 3.8) is 0 Å². The van der Waals surface area contributed by atoms with E-state index in [1.807, 2.05) is 0 Å². The Morgan fingerprint density at radius 2 is 1.27 bits per heavy atom. The van der Waals surface area contributed by atoms with Gasteiger partial charge in [0.15, 0.2) is 5.82 Å². The summed E-state index contributed by atoms with van der Waals surface area (Å²) in [6.45, 7) is 4.63. The van der Waals surface area contributed by atoms with E-state index >= 15 is 0 Å². The lowest BCUT2D eigenvalue weighted by atomic mass is 9.73. The van der Waals surface area contributed by atoms with Crippen LogP contribution in [0.4, 0.5) is 17.1 Å². The molecule has 3 nitrogen and oxygen atoms in total. The van der Waals surface area contributed by atoms with Gasteiger partial charge in [0.05, 0.1) is 11.4 Å². The fourth-order valence-electron chi connectivity index (χ4n) is 5.57. The Kier molecular flexibility index (Phi) is 4.98. The molecule has 0 N–H and O–H groups in total. The zero-order valence-corrected chi connectivity index (χ0v) is 21.5. The van der Waals surface area contributed by atoms with E-state index in [2.05, 4.69) is 134 Å². The van der Waals surface area contributed by atoms with Crippen molar-refractivity contribution >= 4 is 39.4 Å². The molecule has 0 bridgehead atoms. The van der Waals surface area contributed by atoms with Crippen LogP contribution in [0.25, 0.3) is 32.7 Å². The Balaban J connectivity index is 1.27. The number of aromatic nitrogens is 2. The molecule has 0 fully saturated rings. The highest BCUT2D eigenvalue weighted by atomic mass is 32.1. The predicted molar refractivity (Wildman–Crippen MR) is 155 cm³/mol. The Morgan fingerprint density at radius 1 is 0.649 bits per heavy atom. The minimum atomic E-state index is -0.0613. The normalized spacial score (nSPS) is 13.8. The molecule has 178 valence electrons. The molecular weight excluding hydrogens is 470 g/mol. The van der Waals surface area contributed by atoms with Crippen molar-refractivity contribution in [2.45, 2.75) is 19.3 Å². The average molecular weight is 496 g/mol.